The van der Waals surface area contributed by atoms with Gasteiger partial charge in [-0.05, 0) is 31.4 Å². The maximum atomic E-state index is 10.9. The zero-order valence-electron chi connectivity index (χ0n) is 9.51. The Hall–Kier alpha value is -1.75. The summed E-state index contributed by atoms with van der Waals surface area (Å²) in [6.45, 7) is 0. The van der Waals surface area contributed by atoms with Crippen molar-refractivity contribution in [1.82, 2.24) is 0 Å². The molecule has 0 aliphatic heterocycles. The molecule has 0 spiro atoms. The van der Waals surface area contributed by atoms with Gasteiger partial charge in [-0.1, -0.05) is 28.9 Å². The molecule has 0 N–H and O–H groups in total. The van der Waals surface area contributed by atoms with Gasteiger partial charge >= 0.3 is 0 Å². The number of hydrogen-bond acceptors (Lipinski definition) is 4. The second-order valence-corrected chi connectivity index (χ2v) is 4.72. The zero-order chi connectivity index (χ0) is 13.2. The Bertz CT molecular complexity index is 524. The van der Waals surface area contributed by atoms with Gasteiger partial charge in [-0.2, -0.15) is 0 Å². The number of nitrogens with zero attached hydrogens (tertiary/aromatic N) is 2. The van der Waals surface area contributed by atoms with E-state index in [1.807, 2.05) is 0 Å². The van der Waals surface area contributed by atoms with Crippen molar-refractivity contribution in [3.8, 4) is 0 Å². The van der Waals surface area contributed by atoms with Crippen molar-refractivity contribution in [3.63, 3.8) is 0 Å². The fourth-order valence-corrected chi connectivity index (χ4v) is 2.15. The van der Waals surface area contributed by atoms with Crippen molar-refractivity contribution in [2.75, 3.05) is 0 Å². The molecule has 6 heteroatoms. The van der Waals surface area contributed by atoms with Crippen molar-refractivity contribution in [2.45, 2.75) is 24.8 Å². The topological polar surface area (TPSA) is 72.6 Å². The highest BCUT2D eigenvalue weighted by Gasteiger charge is 2.36. The second-order valence-electron chi connectivity index (χ2n) is 4.31. The monoisotopic (exact) mass is 266 g/mol. The van der Waals surface area contributed by atoms with Crippen LogP contribution in [0.1, 0.15) is 24.8 Å². The van der Waals surface area contributed by atoms with Crippen molar-refractivity contribution < 1.29 is 4.92 Å². The van der Waals surface area contributed by atoms with E-state index in [2.05, 4.69) is 5.18 Å². The Labute approximate surface area is 109 Å². The molecule has 94 valence electrons. The van der Waals surface area contributed by atoms with Gasteiger partial charge in [0.2, 0.25) is 0 Å². The molecule has 0 unspecified atom stereocenters. The molecule has 18 heavy (non-hydrogen) atoms. The number of hydrogen-bond donors (Lipinski definition) is 0. The van der Waals surface area contributed by atoms with E-state index in [9.17, 15) is 15.0 Å². The normalized spacial score (nSPS) is 17.4. The number of benzene rings is 1. The fraction of sp³-hybridized carbons (Fsp3) is 0.333. The van der Waals surface area contributed by atoms with E-state index in [-0.39, 0.29) is 5.69 Å². The van der Waals surface area contributed by atoms with Gasteiger partial charge in [-0.25, -0.2) is 0 Å². The van der Waals surface area contributed by atoms with Crippen LogP contribution in [0.15, 0.2) is 29.5 Å². The summed E-state index contributed by atoms with van der Waals surface area (Å²) in [6, 6.07) is 4.48. The summed E-state index contributed by atoms with van der Waals surface area (Å²) in [7, 11) is 0. The average Bonchev–Trinajstić information content (AvgIpc) is 2.29. The first-order valence-electron chi connectivity index (χ1n) is 5.55. The van der Waals surface area contributed by atoms with Gasteiger partial charge in [0.15, 0.2) is 0 Å². The zero-order valence-corrected chi connectivity index (χ0v) is 10.3. The standard InChI is InChI=1S/C12H11ClN2O3/c13-10-3-1-4-11(15(17)18)9(10)5-8-12(14-16)6-2-7-12/h1,3-5,8H,2,6-7H2/b8-5+. The Morgan fingerprint density at radius 3 is 2.67 bits per heavy atom. The van der Waals surface area contributed by atoms with Crippen LogP contribution in [0.5, 0.6) is 0 Å². The molecular weight excluding hydrogens is 256 g/mol. The number of nitroso groups, excluding NO2 is 1. The lowest BCUT2D eigenvalue weighted by molar-refractivity contribution is -0.385. The van der Waals surface area contributed by atoms with Crippen LogP contribution in [0.2, 0.25) is 5.02 Å². The van der Waals surface area contributed by atoms with Gasteiger partial charge in [0.1, 0.15) is 5.54 Å². The van der Waals surface area contributed by atoms with E-state index < -0.39 is 10.5 Å². The third-order valence-corrected chi connectivity index (χ3v) is 3.52. The van der Waals surface area contributed by atoms with Crippen LogP contribution in [-0.2, 0) is 0 Å². The molecule has 0 heterocycles. The molecule has 1 aromatic rings. The molecule has 0 aromatic heterocycles. The first kappa shape index (κ1) is 12.7. The van der Waals surface area contributed by atoms with Crippen LogP contribution >= 0.6 is 11.6 Å². The van der Waals surface area contributed by atoms with Gasteiger partial charge in [0.25, 0.3) is 5.69 Å². The van der Waals surface area contributed by atoms with Crippen LogP contribution < -0.4 is 0 Å². The molecule has 0 atom stereocenters. The molecule has 1 saturated carbocycles. The van der Waals surface area contributed by atoms with E-state index in [0.29, 0.717) is 23.4 Å². The molecule has 1 fully saturated rings. The molecule has 2 rings (SSSR count). The van der Waals surface area contributed by atoms with E-state index in [4.69, 9.17) is 11.6 Å². The predicted molar refractivity (Wildman–Crippen MR) is 69.5 cm³/mol. The molecule has 0 saturated heterocycles. The van der Waals surface area contributed by atoms with Gasteiger partial charge < -0.3 is 0 Å². The molecule has 1 aliphatic rings. The Morgan fingerprint density at radius 1 is 1.44 bits per heavy atom. The first-order valence-corrected chi connectivity index (χ1v) is 5.92. The Morgan fingerprint density at radius 2 is 2.17 bits per heavy atom. The van der Waals surface area contributed by atoms with E-state index in [1.165, 1.54) is 18.2 Å². The summed E-state index contributed by atoms with van der Waals surface area (Å²) in [4.78, 5) is 21.2. The van der Waals surface area contributed by atoms with Gasteiger partial charge in [-0.3, -0.25) is 10.1 Å². The average molecular weight is 267 g/mol. The van der Waals surface area contributed by atoms with Crippen LogP contribution in [0.4, 0.5) is 5.69 Å². The lowest BCUT2D eigenvalue weighted by Crippen LogP contribution is -2.31. The molecule has 0 amide bonds. The van der Waals surface area contributed by atoms with E-state index in [1.54, 1.807) is 12.1 Å². The number of rotatable bonds is 4. The molecule has 0 radical (unpaired) electrons. The van der Waals surface area contributed by atoms with Crippen LogP contribution in [-0.4, -0.2) is 10.5 Å². The third kappa shape index (κ3) is 2.26. The van der Waals surface area contributed by atoms with Crippen molar-refractivity contribution >= 4 is 23.4 Å². The van der Waals surface area contributed by atoms with Crippen molar-refractivity contribution in [3.05, 3.63) is 49.9 Å². The summed E-state index contributed by atoms with van der Waals surface area (Å²) in [5, 5.41) is 14.3. The molecule has 1 aromatic carbocycles. The Kier molecular flexibility index (Phi) is 3.43. The predicted octanol–water partition coefficient (Wildman–Crippen LogP) is 3.95. The van der Waals surface area contributed by atoms with Crippen LogP contribution in [0.3, 0.4) is 0 Å². The largest absolute Gasteiger partial charge is 0.278 e. The van der Waals surface area contributed by atoms with Crippen LogP contribution in [0, 0.1) is 15.0 Å². The van der Waals surface area contributed by atoms with Crippen molar-refractivity contribution in [1.29, 1.82) is 0 Å². The minimum absolute atomic E-state index is 0.0703. The van der Waals surface area contributed by atoms with Gasteiger partial charge in [-0.15, -0.1) is 4.91 Å². The SMILES string of the molecule is O=NC1(/C=C/c2c(Cl)cccc2[N+](=O)[O-])CCC1. The minimum atomic E-state index is -0.701. The smallest absolute Gasteiger partial charge is 0.258 e. The number of nitro benzene ring substituents is 1. The van der Waals surface area contributed by atoms with E-state index >= 15 is 0 Å². The summed E-state index contributed by atoms with van der Waals surface area (Å²) >= 11 is 5.94. The summed E-state index contributed by atoms with van der Waals surface area (Å²) < 4.78 is 0. The fourth-order valence-electron chi connectivity index (χ4n) is 1.92. The number of halogens is 1. The maximum absolute atomic E-state index is 10.9. The third-order valence-electron chi connectivity index (χ3n) is 3.19. The number of nitro groups is 1. The van der Waals surface area contributed by atoms with Gasteiger partial charge in [0, 0.05) is 6.07 Å². The first-order chi connectivity index (χ1) is 8.58. The molecule has 5 nitrogen and oxygen atoms in total. The highest BCUT2D eigenvalue weighted by molar-refractivity contribution is 6.32. The highest BCUT2D eigenvalue weighted by atomic mass is 35.5. The maximum Gasteiger partial charge on any atom is 0.278 e. The van der Waals surface area contributed by atoms with Crippen LogP contribution in [0.25, 0.3) is 6.08 Å². The molecular formula is C12H11ClN2O3. The molecule has 0 bridgehead atoms. The van der Waals surface area contributed by atoms with Gasteiger partial charge in [0.05, 0.1) is 15.5 Å². The van der Waals surface area contributed by atoms with Crippen molar-refractivity contribution in [2.24, 2.45) is 5.18 Å². The Balaban J connectivity index is 2.36. The highest BCUT2D eigenvalue weighted by Crippen LogP contribution is 2.38. The lowest BCUT2D eigenvalue weighted by Gasteiger charge is -2.31. The quantitative estimate of drug-likeness (QED) is 0.470. The summed E-state index contributed by atoms with van der Waals surface area (Å²) in [5.74, 6) is 0. The summed E-state index contributed by atoms with van der Waals surface area (Å²) in [6.07, 6.45) is 5.47. The van der Waals surface area contributed by atoms with E-state index in [0.717, 1.165) is 6.42 Å². The summed E-state index contributed by atoms with van der Waals surface area (Å²) in [5.41, 5.74) is -0.453. The lowest BCUT2D eigenvalue weighted by atomic mass is 9.77. The molecule has 1 aliphatic carbocycles. The minimum Gasteiger partial charge on any atom is -0.258 e. The second kappa shape index (κ2) is 4.86.